The number of hydrogen-bond acceptors (Lipinski definition) is 5. The Balaban J connectivity index is 2.69. The van der Waals surface area contributed by atoms with Crippen molar-refractivity contribution in [2.24, 2.45) is 7.05 Å². The summed E-state index contributed by atoms with van der Waals surface area (Å²) in [5.74, 6) is 0.375. The Bertz CT molecular complexity index is 419. The number of aromatic nitrogens is 2. The average molecular weight is 271 g/mol. The van der Waals surface area contributed by atoms with E-state index in [1.807, 2.05) is 38.6 Å². The third-order valence-electron chi connectivity index (χ3n) is 2.75. The van der Waals surface area contributed by atoms with Gasteiger partial charge in [-0.15, -0.1) is 11.8 Å². The van der Waals surface area contributed by atoms with E-state index in [4.69, 9.17) is 4.74 Å². The molecule has 0 aliphatic heterocycles. The predicted octanol–water partition coefficient (Wildman–Crippen LogP) is 1.36. The molecule has 0 radical (unpaired) electrons. The van der Waals surface area contributed by atoms with Crippen LogP contribution in [0.5, 0.6) is 0 Å². The van der Waals surface area contributed by atoms with E-state index < -0.39 is 5.54 Å². The van der Waals surface area contributed by atoms with Gasteiger partial charge in [0.2, 0.25) is 0 Å². The first-order valence-electron chi connectivity index (χ1n) is 5.92. The van der Waals surface area contributed by atoms with Crippen LogP contribution in [-0.2, 0) is 16.6 Å². The quantitative estimate of drug-likeness (QED) is 0.625. The van der Waals surface area contributed by atoms with Gasteiger partial charge in [-0.1, -0.05) is 0 Å². The van der Waals surface area contributed by atoms with Crippen LogP contribution in [0.4, 0.5) is 0 Å². The maximum absolute atomic E-state index is 11.9. The van der Waals surface area contributed by atoms with Gasteiger partial charge >= 0.3 is 5.97 Å². The molecule has 6 heteroatoms. The molecule has 1 atom stereocenters. The summed E-state index contributed by atoms with van der Waals surface area (Å²) in [6.45, 7) is 6.01. The predicted molar refractivity (Wildman–Crippen MR) is 72.8 cm³/mol. The van der Waals surface area contributed by atoms with E-state index in [0.717, 1.165) is 10.7 Å². The van der Waals surface area contributed by atoms with Crippen molar-refractivity contribution in [3.63, 3.8) is 0 Å². The van der Waals surface area contributed by atoms with Crippen molar-refractivity contribution in [2.75, 3.05) is 19.4 Å². The van der Waals surface area contributed by atoms with Crippen LogP contribution in [0, 0.1) is 6.92 Å². The van der Waals surface area contributed by atoms with Crippen molar-refractivity contribution in [1.82, 2.24) is 15.1 Å². The lowest BCUT2D eigenvalue weighted by Crippen LogP contribution is -2.50. The van der Waals surface area contributed by atoms with E-state index in [-0.39, 0.29) is 5.97 Å². The van der Waals surface area contributed by atoms with Crippen LogP contribution in [0.25, 0.3) is 0 Å². The first-order valence-corrected chi connectivity index (χ1v) is 6.91. The summed E-state index contributed by atoms with van der Waals surface area (Å²) in [4.78, 5) is 11.9. The van der Waals surface area contributed by atoms with Crippen molar-refractivity contribution < 1.29 is 9.53 Å². The number of nitrogens with one attached hydrogen (secondary N) is 1. The molecule has 102 valence electrons. The zero-order valence-corrected chi connectivity index (χ0v) is 12.4. The molecule has 1 rings (SSSR count). The van der Waals surface area contributed by atoms with Crippen LogP contribution in [0.15, 0.2) is 11.1 Å². The fourth-order valence-electron chi connectivity index (χ4n) is 1.46. The van der Waals surface area contributed by atoms with Gasteiger partial charge in [-0.3, -0.25) is 9.48 Å². The van der Waals surface area contributed by atoms with Crippen LogP contribution in [0.3, 0.4) is 0 Å². The maximum atomic E-state index is 11.9. The lowest BCUT2D eigenvalue weighted by molar-refractivity contribution is -0.149. The molecule has 1 heterocycles. The molecular formula is C12H21N3O2S. The third-order valence-corrected chi connectivity index (χ3v) is 4.15. The Labute approximate surface area is 112 Å². The van der Waals surface area contributed by atoms with Gasteiger partial charge in [-0.2, -0.15) is 5.10 Å². The second kappa shape index (κ2) is 6.24. The number of thioether (sulfide) groups is 1. The number of carbonyl (C=O) groups excluding carboxylic acids is 1. The Kier molecular flexibility index (Phi) is 5.22. The lowest BCUT2D eigenvalue weighted by atomic mass is 10.1. The van der Waals surface area contributed by atoms with Crippen molar-refractivity contribution in [3.8, 4) is 0 Å². The minimum atomic E-state index is -0.682. The summed E-state index contributed by atoms with van der Waals surface area (Å²) >= 11 is 1.59. The summed E-state index contributed by atoms with van der Waals surface area (Å²) in [6, 6.07) is 2.01. The Morgan fingerprint density at radius 1 is 1.67 bits per heavy atom. The van der Waals surface area contributed by atoms with E-state index in [1.54, 1.807) is 18.8 Å². The molecule has 1 aromatic heterocycles. The summed E-state index contributed by atoms with van der Waals surface area (Å²) in [5.41, 5.74) is 0.293. The number of carbonyl (C=O) groups is 1. The van der Waals surface area contributed by atoms with E-state index in [0.29, 0.717) is 12.4 Å². The first-order chi connectivity index (χ1) is 8.42. The number of rotatable bonds is 6. The number of nitrogens with zero attached hydrogens (tertiary/aromatic N) is 2. The Hall–Kier alpha value is -1.01. The van der Waals surface area contributed by atoms with Gasteiger partial charge in [0.25, 0.3) is 0 Å². The summed E-state index contributed by atoms with van der Waals surface area (Å²) in [5, 5.41) is 8.35. The van der Waals surface area contributed by atoms with Crippen LogP contribution < -0.4 is 5.32 Å². The summed E-state index contributed by atoms with van der Waals surface area (Å²) in [7, 11) is 3.67. The number of likely N-dealkylation sites (N-methyl/N-ethyl adjacent to an activating group) is 1. The van der Waals surface area contributed by atoms with Gasteiger partial charge in [-0.25, -0.2) is 0 Å². The molecule has 0 aromatic carbocycles. The average Bonchev–Trinajstić information content (AvgIpc) is 2.65. The molecule has 0 spiro atoms. The van der Waals surface area contributed by atoms with E-state index in [1.165, 1.54) is 0 Å². The van der Waals surface area contributed by atoms with Gasteiger partial charge in [0.15, 0.2) is 0 Å². The number of ether oxygens (including phenoxy) is 1. The Morgan fingerprint density at radius 3 is 2.78 bits per heavy atom. The zero-order valence-electron chi connectivity index (χ0n) is 11.6. The number of aryl methyl sites for hydroxylation is 2. The molecule has 18 heavy (non-hydrogen) atoms. The topological polar surface area (TPSA) is 56.1 Å². The molecule has 0 bridgehead atoms. The second-order valence-electron chi connectivity index (χ2n) is 4.34. The standard InChI is InChI=1S/C12H21N3O2S/c1-6-17-11(16)12(3,13-4)8-18-10-7-9(2)14-15(10)5/h7,13H,6,8H2,1-5H3. The van der Waals surface area contributed by atoms with Gasteiger partial charge in [0.1, 0.15) is 5.54 Å². The number of hydrogen-bond donors (Lipinski definition) is 1. The highest BCUT2D eigenvalue weighted by molar-refractivity contribution is 7.99. The van der Waals surface area contributed by atoms with Crippen molar-refractivity contribution in [2.45, 2.75) is 31.3 Å². The molecule has 0 aliphatic carbocycles. The van der Waals surface area contributed by atoms with Crippen LogP contribution in [0.2, 0.25) is 0 Å². The first kappa shape index (κ1) is 15.0. The molecular weight excluding hydrogens is 250 g/mol. The smallest absolute Gasteiger partial charge is 0.326 e. The van der Waals surface area contributed by atoms with Crippen LogP contribution in [0.1, 0.15) is 19.5 Å². The summed E-state index contributed by atoms with van der Waals surface area (Å²) < 4.78 is 6.91. The molecule has 0 saturated carbocycles. The van der Waals surface area contributed by atoms with E-state index >= 15 is 0 Å². The van der Waals surface area contributed by atoms with Crippen molar-refractivity contribution in [1.29, 1.82) is 0 Å². The minimum absolute atomic E-state index is 0.223. The normalized spacial score (nSPS) is 14.3. The Morgan fingerprint density at radius 2 is 2.33 bits per heavy atom. The molecule has 0 aliphatic rings. The monoisotopic (exact) mass is 271 g/mol. The largest absolute Gasteiger partial charge is 0.465 e. The number of esters is 1. The molecule has 5 nitrogen and oxygen atoms in total. The molecule has 0 amide bonds. The molecule has 1 N–H and O–H groups in total. The fraction of sp³-hybridized carbons (Fsp3) is 0.667. The SMILES string of the molecule is CCOC(=O)C(C)(CSc1cc(C)nn1C)NC. The second-order valence-corrected chi connectivity index (χ2v) is 5.33. The van der Waals surface area contributed by atoms with E-state index in [9.17, 15) is 4.79 Å². The van der Waals surface area contributed by atoms with Gasteiger partial charge < -0.3 is 10.1 Å². The molecule has 0 fully saturated rings. The van der Waals surface area contributed by atoms with Gasteiger partial charge in [0, 0.05) is 12.8 Å². The molecule has 1 unspecified atom stereocenters. The molecule has 0 saturated heterocycles. The highest BCUT2D eigenvalue weighted by Gasteiger charge is 2.33. The van der Waals surface area contributed by atoms with Crippen molar-refractivity contribution in [3.05, 3.63) is 11.8 Å². The van der Waals surface area contributed by atoms with Crippen LogP contribution in [-0.4, -0.2) is 40.7 Å². The zero-order chi connectivity index (χ0) is 13.8. The lowest BCUT2D eigenvalue weighted by Gasteiger charge is -2.26. The van der Waals surface area contributed by atoms with Gasteiger partial charge in [-0.05, 0) is 33.9 Å². The van der Waals surface area contributed by atoms with E-state index in [2.05, 4.69) is 10.4 Å². The van der Waals surface area contributed by atoms with Gasteiger partial charge in [0.05, 0.1) is 17.3 Å². The third kappa shape index (κ3) is 3.49. The van der Waals surface area contributed by atoms with Crippen LogP contribution >= 0.6 is 11.8 Å². The highest BCUT2D eigenvalue weighted by atomic mass is 32.2. The fourth-order valence-corrected chi connectivity index (χ4v) is 2.64. The molecule has 1 aromatic rings. The van der Waals surface area contributed by atoms with Crippen molar-refractivity contribution >= 4 is 17.7 Å². The summed E-state index contributed by atoms with van der Waals surface area (Å²) in [6.07, 6.45) is 0. The minimum Gasteiger partial charge on any atom is -0.465 e. The maximum Gasteiger partial charge on any atom is 0.326 e. The highest BCUT2D eigenvalue weighted by Crippen LogP contribution is 2.23.